The first-order valence-electron chi connectivity index (χ1n) is 7.73. The van der Waals surface area contributed by atoms with Crippen molar-refractivity contribution in [2.45, 2.75) is 31.5 Å². The van der Waals surface area contributed by atoms with Crippen LogP contribution in [0, 0.1) is 0 Å². The van der Waals surface area contributed by atoms with Gasteiger partial charge in [-0.2, -0.15) is 0 Å². The Hall–Kier alpha value is -1.98. The zero-order valence-corrected chi connectivity index (χ0v) is 13.6. The molecule has 1 aromatic heterocycles. The number of ether oxygens (including phenoxy) is 2. The van der Waals surface area contributed by atoms with E-state index < -0.39 is 0 Å². The average molecular weight is 327 g/mol. The monoisotopic (exact) mass is 327 g/mol. The van der Waals surface area contributed by atoms with Crippen molar-refractivity contribution >= 4 is 22.9 Å². The third-order valence-corrected chi connectivity index (χ3v) is 5.30. The lowest BCUT2D eigenvalue weighted by atomic mass is 9.91. The summed E-state index contributed by atoms with van der Waals surface area (Å²) in [6.07, 6.45) is 4.56. The van der Waals surface area contributed by atoms with Crippen LogP contribution in [0.4, 0.5) is 0 Å². The van der Waals surface area contributed by atoms with Crippen LogP contribution in [-0.2, 0) is 14.3 Å². The molecule has 2 aliphatic rings. The van der Waals surface area contributed by atoms with Gasteiger partial charge in [0.15, 0.2) is 0 Å². The van der Waals surface area contributed by atoms with Gasteiger partial charge in [0.2, 0.25) is 0 Å². The molecule has 0 aliphatic carbocycles. The maximum Gasteiger partial charge on any atom is 0.336 e. The minimum Gasteiger partial charge on any atom is -0.466 e. The molecule has 2 aliphatic heterocycles. The van der Waals surface area contributed by atoms with Gasteiger partial charge in [-0.3, -0.25) is 0 Å². The zero-order chi connectivity index (χ0) is 15.8. The van der Waals surface area contributed by atoms with E-state index in [9.17, 15) is 4.79 Å². The SMILES string of the molecule is COC(=O)C1=C(c2cccc(-c3nccs3)c2)CC2CCC1O2. The van der Waals surface area contributed by atoms with Crippen molar-refractivity contribution in [3.8, 4) is 10.6 Å². The van der Waals surface area contributed by atoms with Gasteiger partial charge in [-0.25, -0.2) is 9.78 Å². The van der Waals surface area contributed by atoms with Crippen LogP contribution < -0.4 is 0 Å². The molecular weight excluding hydrogens is 310 g/mol. The summed E-state index contributed by atoms with van der Waals surface area (Å²) in [5.41, 5.74) is 3.90. The number of benzene rings is 1. The molecule has 4 nitrogen and oxygen atoms in total. The van der Waals surface area contributed by atoms with E-state index in [4.69, 9.17) is 9.47 Å². The largest absolute Gasteiger partial charge is 0.466 e. The number of methoxy groups -OCH3 is 1. The molecule has 2 unspecified atom stereocenters. The van der Waals surface area contributed by atoms with E-state index >= 15 is 0 Å². The summed E-state index contributed by atoms with van der Waals surface area (Å²) >= 11 is 1.61. The molecule has 4 rings (SSSR count). The fourth-order valence-corrected chi connectivity index (χ4v) is 4.08. The van der Waals surface area contributed by atoms with Crippen molar-refractivity contribution in [2.75, 3.05) is 7.11 Å². The van der Waals surface area contributed by atoms with Crippen molar-refractivity contribution in [2.24, 2.45) is 0 Å². The fourth-order valence-electron chi connectivity index (χ4n) is 3.44. The Morgan fingerprint density at radius 2 is 2.22 bits per heavy atom. The van der Waals surface area contributed by atoms with Crippen molar-refractivity contribution in [3.05, 3.63) is 47.0 Å². The Kier molecular flexibility index (Phi) is 3.75. The highest BCUT2D eigenvalue weighted by Gasteiger charge is 2.39. The van der Waals surface area contributed by atoms with Gasteiger partial charge in [0.05, 0.1) is 24.9 Å². The molecule has 1 aromatic carbocycles. The third kappa shape index (κ3) is 2.60. The maximum absolute atomic E-state index is 12.3. The highest BCUT2D eigenvalue weighted by atomic mass is 32.1. The predicted octanol–water partition coefficient (Wildman–Crippen LogP) is 3.69. The van der Waals surface area contributed by atoms with Crippen LogP contribution >= 0.6 is 11.3 Å². The molecule has 2 aromatic rings. The quantitative estimate of drug-likeness (QED) is 0.807. The Bertz CT molecular complexity index is 766. The molecule has 0 saturated carbocycles. The molecule has 23 heavy (non-hydrogen) atoms. The number of aromatic nitrogens is 1. The predicted molar refractivity (Wildman–Crippen MR) is 89.0 cm³/mol. The summed E-state index contributed by atoms with van der Waals surface area (Å²) in [6, 6.07) is 8.24. The second kappa shape index (κ2) is 5.91. The van der Waals surface area contributed by atoms with Crippen molar-refractivity contribution < 1.29 is 14.3 Å². The van der Waals surface area contributed by atoms with Crippen LogP contribution in [-0.4, -0.2) is 30.3 Å². The molecule has 0 spiro atoms. The molecular formula is C18H17NO3S. The lowest BCUT2D eigenvalue weighted by molar-refractivity contribution is -0.137. The van der Waals surface area contributed by atoms with E-state index in [1.807, 2.05) is 11.4 Å². The van der Waals surface area contributed by atoms with Crippen LogP contribution in [0.15, 0.2) is 41.4 Å². The van der Waals surface area contributed by atoms with Crippen LogP contribution in [0.5, 0.6) is 0 Å². The van der Waals surface area contributed by atoms with Gasteiger partial charge in [0.25, 0.3) is 0 Å². The lowest BCUT2D eigenvalue weighted by Gasteiger charge is -2.26. The number of fused-ring (bicyclic) bond motifs is 2. The van der Waals surface area contributed by atoms with E-state index in [2.05, 4.69) is 23.2 Å². The molecule has 1 fully saturated rings. The van der Waals surface area contributed by atoms with Gasteiger partial charge >= 0.3 is 5.97 Å². The second-order valence-corrected chi connectivity index (χ2v) is 6.72. The number of thiazole rings is 1. The standard InChI is InChI=1S/C18H17NO3S/c1-21-18(20)16-14(10-13-5-6-15(16)22-13)11-3-2-4-12(9-11)17-19-7-8-23-17/h2-4,7-9,13,15H,5-6,10H2,1H3. The Morgan fingerprint density at radius 1 is 1.35 bits per heavy atom. The number of esters is 1. The first-order valence-corrected chi connectivity index (χ1v) is 8.61. The first kappa shape index (κ1) is 14.6. The zero-order valence-electron chi connectivity index (χ0n) is 12.8. The maximum atomic E-state index is 12.3. The summed E-state index contributed by atoms with van der Waals surface area (Å²) in [7, 11) is 1.43. The van der Waals surface area contributed by atoms with Crippen LogP contribution in [0.2, 0.25) is 0 Å². The molecule has 0 radical (unpaired) electrons. The highest BCUT2D eigenvalue weighted by Crippen LogP contribution is 2.42. The van der Waals surface area contributed by atoms with Crippen LogP contribution in [0.1, 0.15) is 24.8 Å². The van der Waals surface area contributed by atoms with Crippen LogP contribution in [0.3, 0.4) is 0 Å². The molecule has 2 atom stereocenters. The Labute approximate surface area is 138 Å². The van der Waals surface area contributed by atoms with E-state index in [0.717, 1.165) is 41.0 Å². The summed E-state index contributed by atoms with van der Waals surface area (Å²) < 4.78 is 10.9. The van der Waals surface area contributed by atoms with Crippen molar-refractivity contribution in [1.29, 1.82) is 0 Å². The van der Waals surface area contributed by atoms with Gasteiger partial charge < -0.3 is 9.47 Å². The minimum absolute atomic E-state index is 0.125. The molecule has 1 saturated heterocycles. The number of nitrogens with zero attached hydrogens (tertiary/aromatic N) is 1. The number of hydrogen-bond acceptors (Lipinski definition) is 5. The summed E-state index contributed by atoms with van der Waals surface area (Å²) in [5, 5.41) is 2.96. The van der Waals surface area contributed by atoms with Gasteiger partial charge in [0.1, 0.15) is 5.01 Å². The number of carbonyl (C=O) groups excluding carboxylic acids is 1. The summed E-state index contributed by atoms with van der Waals surface area (Å²) in [6.45, 7) is 0. The normalized spacial score (nSPS) is 23.2. The van der Waals surface area contributed by atoms with E-state index in [1.165, 1.54) is 7.11 Å². The Balaban J connectivity index is 1.81. The number of rotatable bonds is 3. The third-order valence-electron chi connectivity index (χ3n) is 4.48. The van der Waals surface area contributed by atoms with Crippen molar-refractivity contribution in [3.63, 3.8) is 0 Å². The topological polar surface area (TPSA) is 48.4 Å². The summed E-state index contributed by atoms with van der Waals surface area (Å²) in [5.74, 6) is -0.273. The molecule has 0 amide bonds. The minimum atomic E-state index is -0.273. The molecule has 3 heterocycles. The lowest BCUT2D eigenvalue weighted by Crippen LogP contribution is -2.26. The van der Waals surface area contributed by atoms with E-state index in [1.54, 1.807) is 17.5 Å². The average Bonchev–Trinajstić information content (AvgIpc) is 3.24. The van der Waals surface area contributed by atoms with Gasteiger partial charge in [0, 0.05) is 17.1 Å². The molecule has 0 N–H and O–H groups in total. The highest BCUT2D eigenvalue weighted by molar-refractivity contribution is 7.13. The molecule has 5 heteroatoms. The first-order chi connectivity index (χ1) is 11.3. The number of hydrogen-bond donors (Lipinski definition) is 0. The second-order valence-electron chi connectivity index (χ2n) is 5.83. The van der Waals surface area contributed by atoms with Gasteiger partial charge in [-0.15, -0.1) is 11.3 Å². The van der Waals surface area contributed by atoms with Gasteiger partial charge in [-0.1, -0.05) is 18.2 Å². The van der Waals surface area contributed by atoms with Gasteiger partial charge in [-0.05, 0) is 36.5 Å². The van der Waals surface area contributed by atoms with Crippen molar-refractivity contribution in [1.82, 2.24) is 4.98 Å². The van der Waals surface area contributed by atoms with E-state index in [-0.39, 0.29) is 18.2 Å². The number of carbonyl (C=O) groups is 1. The Morgan fingerprint density at radius 3 is 3.00 bits per heavy atom. The molecule has 2 bridgehead atoms. The van der Waals surface area contributed by atoms with Crippen LogP contribution in [0.25, 0.3) is 16.1 Å². The van der Waals surface area contributed by atoms with E-state index in [0.29, 0.717) is 5.57 Å². The fraction of sp³-hybridized carbons (Fsp3) is 0.333. The smallest absolute Gasteiger partial charge is 0.336 e. The molecule has 118 valence electrons. The summed E-state index contributed by atoms with van der Waals surface area (Å²) in [4.78, 5) is 16.7.